The first-order chi connectivity index (χ1) is 23.9. The number of amides is 1. The zero-order chi connectivity index (χ0) is 37.4. The predicted molar refractivity (Wildman–Crippen MR) is 205 cm³/mol. The molecule has 0 saturated heterocycles. The van der Waals surface area contributed by atoms with Gasteiger partial charge in [0.1, 0.15) is 18.2 Å². The second kappa shape index (κ2) is 21.7. The van der Waals surface area contributed by atoms with Crippen molar-refractivity contribution in [3.63, 3.8) is 0 Å². The molecule has 0 radical (unpaired) electrons. The molecule has 8 nitrogen and oxygen atoms in total. The number of benzene rings is 2. The van der Waals surface area contributed by atoms with E-state index in [1.54, 1.807) is 4.90 Å². The highest BCUT2D eigenvalue weighted by Gasteiger charge is 2.33. The summed E-state index contributed by atoms with van der Waals surface area (Å²) in [6, 6.07) is 8.24. The summed E-state index contributed by atoms with van der Waals surface area (Å²) in [4.78, 5) is 44.8. The number of ether oxygens (including phenoxy) is 1. The third-order valence-electron chi connectivity index (χ3n) is 9.02. The molecule has 0 bridgehead atoms. The lowest BCUT2D eigenvalue weighted by Crippen LogP contribution is -2.36. The number of rotatable bonds is 17. The molecule has 0 aromatic heterocycles. The molecule has 0 aliphatic heterocycles. The highest BCUT2D eigenvalue weighted by atomic mass is 35.5. The molecule has 1 aliphatic rings. The largest absolute Gasteiger partial charge is 0.511 e. The summed E-state index contributed by atoms with van der Waals surface area (Å²) < 4.78 is 5.54. The smallest absolute Gasteiger partial charge is 0.242 e. The maximum atomic E-state index is 12.9. The van der Waals surface area contributed by atoms with Crippen LogP contribution >= 0.6 is 11.6 Å². The van der Waals surface area contributed by atoms with Gasteiger partial charge in [-0.05, 0) is 99.1 Å². The molecule has 50 heavy (non-hydrogen) atoms. The van der Waals surface area contributed by atoms with Crippen LogP contribution in [-0.4, -0.2) is 60.5 Å². The van der Waals surface area contributed by atoms with Crippen molar-refractivity contribution in [2.75, 3.05) is 37.1 Å². The van der Waals surface area contributed by atoms with Gasteiger partial charge in [-0.1, -0.05) is 64.0 Å². The normalized spacial score (nSPS) is 14.7. The number of hydrogen-bond acceptors (Lipinski definition) is 7. The quantitative estimate of drug-likeness (QED) is 0.0577. The van der Waals surface area contributed by atoms with Gasteiger partial charge in [0.05, 0.1) is 23.6 Å². The minimum atomic E-state index is -0.148. The minimum absolute atomic E-state index is 0.00498. The van der Waals surface area contributed by atoms with Crippen molar-refractivity contribution < 1.29 is 29.1 Å². The fourth-order valence-corrected chi connectivity index (χ4v) is 7.01. The molecular formula is C41H59ClN2O6. The van der Waals surface area contributed by atoms with Crippen LogP contribution in [0.25, 0.3) is 0 Å². The molecule has 1 amide bonds. The van der Waals surface area contributed by atoms with Crippen LogP contribution in [0.1, 0.15) is 130 Å². The molecule has 0 saturated carbocycles. The Labute approximate surface area is 305 Å². The highest BCUT2D eigenvalue weighted by molar-refractivity contribution is 6.29. The molecule has 0 spiro atoms. The zero-order valence-corrected chi connectivity index (χ0v) is 32.6. The van der Waals surface area contributed by atoms with E-state index in [4.69, 9.17) is 21.2 Å². The number of carbonyl (C=O) groups excluding carboxylic acids is 3. The van der Waals surface area contributed by atoms with Crippen molar-refractivity contribution in [2.24, 2.45) is 5.16 Å². The number of hydrogen-bond donors (Lipinski definition) is 1. The van der Waals surface area contributed by atoms with Crippen molar-refractivity contribution in [3.05, 3.63) is 74.5 Å². The van der Waals surface area contributed by atoms with Gasteiger partial charge in [-0.15, -0.1) is 11.6 Å². The lowest BCUT2D eigenvalue weighted by Gasteiger charge is -2.28. The first kappa shape index (κ1) is 42.7. The third kappa shape index (κ3) is 11.0. The third-order valence-corrected chi connectivity index (χ3v) is 9.25. The van der Waals surface area contributed by atoms with Crippen molar-refractivity contribution in [1.82, 2.24) is 0 Å². The lowest BCUT2D eigenvalue weighted by molar-refractivity contribution is -0.117. The Kier molecular flexibility index (Phi) is 18.5. The fraction of sp³-hybridized carbons (Fsp3) is 0.561. The van der Waals surface area contributed by atoms with Crippen LogP contribution in [0.15, 0.2) is 40.8 Å². The second-order valence-electron chi connectivity index (χ2n) is 12.7. The number of halogens is 1. The van der Waals surface area contributed by atoms with Crippen LogP contribution in [0.3, 0.4) is 0 Å². The number of aryl methyl sites for hydroxylation is 4. The van der Waals surface area contributed by atoms with Crippen LogP contribution in [0, 0.1) is 20.8 Å². The summed E-state index contributed by atoms with van der Waals surface area (Å²) in [7, 11) is 0. The number of nitrogens with zero attached hydrogens (tertiary/aromatic N) is 2. The molecule has 0 heterocycles. The number of ketones is 2. The molecule has 2 aromatic rings. The number of aliphatic hydroxyl groups excluding tert-OH is 1. The van der Waals surface area contributed by atoms with E-state index in [1.165, 1.54) is 11.1 Å². The number of oxime groups is 1. The van der Waals surface area contributed by atoms with Crippen LogP contribution < -0.4 is 4.90 Å². The average molecular weight is 711 g/mol. The summed E-state index contributed by atoms with van der Waals surface area (Å²) >= 11 is 5.80. The molecule has 0 fully saturated rings. The predicted octanol–water partition coefficient (Wildman–Crippen LogP) is 9.47. The van der Waals surface area contributed by atoms with E-state index >= 15 is 0 Å². The number of Topliss-reactive ketones (excluding diaryl/α,β-unsaturated/α-hetero) is 2. The van der Waals surface area contributed by atoms with Crippen LogP contribution in [0.2, 0.25) is 0 Å². The molecule has 9 heteroatoms. The Balaban J connectivity index is 0.000000366. The first-order valence-electron chi connectivity index (χ1n) is 18.3. The molecule has 1 N–H and O–H groups in total. The number of para-hydroxylation sites is 1. The number of anilines is 1. The monoisotopic (exact) mass is 710 g/mol. The highest BCUT2D eigenvalue weighted by Crippen LogP contribution is 2.39. The van der Waals surface area contributed by atoms with Crippen molar-refractivity contribution in [3.8, 4) is 0 Å². The van der Waals surface area contributed by atoms with Crippen LogP contribution in [0.5, 0.6) is 0 Å². The van der Waals surface area contributed by atoms with E-state index in [2.05, 4.69) is 44.1 Å². The van der Waals surface area contributed by atoms with Gasteiger partial charge in [0.2, 0.25) is 5.91 Å². The van der Waals surface area contributed by atoms with Crippen molar-refractivity contribution in [1.29, 1.82) is 0 Å². The topological polar surface area (TPSA) is 106 Å². The SMILES string of the molecule is CCCC(=O)c1c(C)cc(C)c(C2CC(=O)C(/C(CC)=N/OCC)=C(O)C2)c1C.CCCOCCN(C(=O)CCl)c1c(CC)cccc1CC. The van der Waals surface area contributed by atoms with Crippen LogP contribution in [0.4, 0.5) is 5.69 Å². The summed E-state index contributed by atoms with van der Waals surface area (Å²) in [5, 5.41) is 14.7. The molecule has 1 aliphatic carbocycles. The van der Waals surface area contributed by atoms with E-state index in [0.29, 0.717) is 50.3 Å². The van der Waals surface area contributed by atoms with Gasteiger partial charge in [-0.2, -0.15) is 0 Å². The fourth-order valence-electron chi connectivity index (χ4n) is 6.86. The zero-order valence-electron chi connectivity index (χ0n) is 31.8. The maximum absolute atomic E-state index is 12.9. The number of aliphatic hydroxyl groups is 1. The molecule has 276 valence electrons. The van der Waals surface area contributed by atoms with Gasteiger partial charge < -0.3 is 19.6 Å². The Morgan fingerprint density at radius 2 is 1.62 bits per heavy atom. The van der Waals surface area contributed by atoms with E-state index in [1.807, 2.05) is 47.6 Å². The molecule has 3 rings (SSSR count). The summed E-state index contributed by atoms with van der Waals surface area (Å²) in [5.41, 5.74) is 8.91. The maximum Gasteiger partial charge on any atom is 0.242 e. The molecule has 2 aromatic carbocycles. The Hall–Kier alpha value is -3.49. The van der Waals surface area contributed by atoms with E-state index < -0.39 is 0 Å². The standard InChI is InChI=1S/C24H33NO4.C17H26ClNO2/c1-7-10-19(26)23-15(5)11-14(4)22(16(23)6)17-12-20(27)24(21(28)13-17)18(8-2)25-29-9-3;1-4-11-21-12-10-19(16(20)13-18)17-14(5-2)8-7-9-15(17)6-3/h11,17,27H,7-10,12-13H2,1-6H3;7-9H,4-6,10-13H2,1-3H3/b25-18+;. The number of carbonyl (C=O) groups is 3. The van der Waals surface area contributed by atoms with Gasteiger partial charge in [0, 0.05) is 38.0 Å². The van der Waals surface area contributed by atoms with E-state index in [-0.39, 0.29) is 41.5 Å². The minimum Gasteiger partial charge on any atom is -0.511 e. The van der Waals surface area contributed by atoms with E-state index in [0.717, 1.165) is 65.8 Å². The van der Waals surface area contributed by atoms with Gasteiger partial charge >= 0.3 is 0 Å². The summed E-state index contributed by atoms with van der Waals surface area (Å²) in [6.45, 7) is 20.2. The second-order valence-corrected chi connectivity index (χ2v) is 12.9. The van der Waals surface area contributed by atoms with Crippen LogP contribution in [-0.2, 0) is 32.0 Å². The summed E-state index contributed by atoms with van der Waals surface area (Å²) in [5.74, 6) is -0.136. The summed E-state index contributed by atoms with van der Waals surface area (Å²) in [6.07, 6.45) is 5.24. The van der Waals surface area contributed by atoms with Crippen molar-refractivity contribution in [2.45, 2.75) is 120 Å². The Morgan fingerprint density at radius 1 is 0.960 bits per heavy atom. The van der Waals surface area contributed by atoms with Gasteiger partial charge in [-0.3, -0.25) is 14.4 Å². The van der Waals surface area contributed by atoms with Gasteiger partial charge in [-0.25, -0.2) is 0 Å². The molecule has 1 unspecified atom stereocenters. The van der Waals surface area contributed by atoms with Gasteiger partial charge in [0.15, 0.2) is 11.6 Å². The molecule has 1 atom stereocenters. The molecular weight excluding hydrogens is 652 g/mol. The Bertz CT molecular complexity index is 1510. The number of alkyl halides is 1. The van der Waals surface area contributed by atoms with Crippen molar-refractivity contribution >= 4 is 40.5 Å². The first-order valence-corrected chi connectivity index (χ1v) is 18.8. The van der Waals surface area contributed by atoms with Gasteiger partial charge in [0.25, 0.3) is 0 Å². The number of allylic oxidation sites excluding steroid dienone is 2. The average Bonchev–Trinajstić information content (AvgIpc) is 3.09. The Morgan fingerprint density at radius 3 is 2.14 bits per heavy atom. The van der Waals surface area contributed by atoms with E-state index in [9.17, 15) is 19.5 Å². The lowest BCUT2D eigenvalue weighted by atomic mass is 9.76.